The molecule has 3 unspecified atom stereocenters. The van der Waals surface area contributed by atoms with Crippen LogP contribution in [0, 0.1) is 21.3 Å². The normalized spacial score (nSPS) is 28.4. The van der Waals surface area contributed by atoms with Crippen LogP contribution in [-0.4, -0.2) is 16.1 Å². The Hall–Kier alpha value is -0.390. The first-order chi connectivity index (χ1) is 8.58. The molecule has 1 fully saturated rings. The highest BCUT2D eigenvalue weighted by Crippen LogP contribution is 2.36. The number of halogens is 1. The number of rotatable bonds is 3. The highest BCUT2D eigenvalue weighted by atomic mass is 127. The van der Waals surface area contributed by atoms with Gasteiger partial charge in [-0.2, -0.15) is 0 Å². The van der Waals surface area contributed by atoms with Crippen LogP contribution in [-0.2, 0) is 0 Å². The average molecular weight is 360 g/mol. The monoisotopic (exact) mass is 360 g/mol. The third-order valence-corrected chi connectivity index (χ3v) is 4.60. The minimum absolute atomic E-state index is 0.303. The summed E-state index contributed by atoms with van der Waals surface area (Å²) in [5, 5.41) is 0. The van der Waals surface area contributed by atoms with Gasteiger partial charge in [0, 0.05) is 6.20 Å². The minimum Gasteiger partial charge on any atom is -0.473 e. The van der Waals surface area contributed by atoms with E-state index in [-0.39, 0.29) is 0 Å². The summed E-state index contributed by atoms with van der Waals surface area (Å²) in [5.41, 5.74) is 0. The van der Waals surface area contributed by atoms with E-state index in [0.29, 0.717) is 17.9 Å². The molecule has 0 spiro atoms. The second-order valence-corrected chi connectivity index (χ2v) is 6.82. The van der Waals surface area contributed by atoms with Crippen molar-refractivity contribution in [2.45, 2.75) is 46.1 Å². The quantitative estimate of drug-likeness (QED) is 0.767. The Bertz CT molecular complexity index is 397. The van der Waals surface area contributed by atoms with E-state index >= 15 is 0 Å². The summed E-state index contributed by atoms with van der Waals surface area (Å²) >= 11 is 2.24. The molecule has 3 nitrogen and oxygen atoms in total. The van der Waals surface area contributed by atoms with Crippen molar-refractivity contribution in [3.63, 3.8) is 0 Å². The molecule has 1 aliphatic rings. The third kappa shape index (κ3) is 3.33. The maximum Gasteiger partial charge on any atom is 0.230 e. The van der Waals surface area contributed by atoms with E-state index in [1.165, 1.54) is 12.8 Å². The first-order valence-electron chi connectivity index (χ1n) is 6.70. The lowest BCUT2D eigenvalue weighted by molar-refractivity contribution is 0.0418. The van der Waals surface area contributed by atoms with Gasteiger partial charge in [-0.25, -0.2) is 9.97 Å². The molecule has 4 heteroatoms. The van der Waals surface area contributed by atoms with E-state index in [1.807, 2.05) is 0 Å². The van der Waals surface area contributed by atoms with Crippen LogP contribution >= 0.6 is 22.6 Å². The van der Waals surface area contributed by atoms with Crippen LogP contribution in [0.15, 0.2) is 12.5 Å². The van der Waals surface area contributed by atoms with Crippen LogP contribution < -0.4 is 4.74 Å². The zero-order valence-corrected chi connectivity index (χ0v) is 13.4. The molecule has 100 valence electrons. The molecule has 0 radical (unpaired) electrons. The molecular weight excluding hydrogens is 339 g/mol. The predicted octanol–water partition coefficient (Wildman–Crippen LogP) is 3.92. The SMILES string of the molecule is CC1CCC(C(C)C)C(Oc2ncncc2I)C1. The second-order valence-electron chi connectivity index (χ2n) is 5.66. The van der Waals surface area contributed by atoms with E-state index in [1.54, 1.807) is 12.5 Å². The lowest BCUT2D eigenvalue weighted by atomic mass is 9.75. The molecule has 0 aliphatic heterocycles. The summed E-state index contributed by atoms with van der Waals surface area (Å²) in [6.45, 7) is 6.90. The Labute approximate surface area is 123 Å². The van der Waals surface area contributed by atoms with Gasteiger partial charge in [0.2, 0.25) is 5.88 Å². The van der Waals surface area contributed by atoms with Crippen molar-refractivity contribution in [2.75, 3.05) is 0 Å². The average Bonchev–Trinajstić information content (AvgIpc) is 2.32. The molecule has 1 aromatic heterocycles. The fourth-order valence-corrected chi connectivity index (χ4v) is 3.21. The molecule has 3 atom stereocenters. The van der Waals surface area contributed by atoms with E-state index in [9.17, 15) is 0 Å². The zero-order valence-electron chi connectivity index (χ0n) is 11.3. The van der Waals surface area contributed by atoms with Crippen LogP contribution in [0.2, 0.25) is 0 Å². The van der Waals surface area contributed by atoms with Gasteiger partial charge < -0.3 is 4.74 Å². The summed E-state index contributed by atoms with van der Waals surface area (Å²) in [4.78, 5) is 8.26. The predicted molar refractivity (Wildman–Crippen MR) is 80.5 cm³/mol. The lowest BCUT2D eigenvalue weighted by Gasteiger charge is -2.37. The molecule has 1 heterocycles. The van der Waals surface area contributed by atoms with E-state index in [4.69, 9.17) is 4.74 Å². The van der Waals surface area contributed by atoms with Crippen LogP contribution in [0.3, 0.4) is 0 Å². The van der Waals surface area contributed by atoms with Gasteiger partial charge in [-0.05, 0) is 53.2 Å². The van der Waals surface area contributed by atoms with Gasteiger partial charge in [0.15, 0.2) is 0 Å². The number of ether oxygens (including phenoxy) is 1. The molecule has 1 saturated carbocycles. The van der Waals surface area contributed by atoms with Gasteiger partial charge in [-0.15, -0.1) is 0 Å². The smallest absolute Gasteiger partial charge is 0.230 e. The molecule has 0 N–H and O–H groups in total. The first kappa shape index (κ1) is 14.0. The van der Waals surface area contributed by atoms with Crippen molar-refractivity contribution in [3.05, 3.63) is 16.1 Å². The Morgan fingerprint density at radius 3 is 2.83 bits per heavy atom. The van der Waals surface area contributed by atoms with Gasteiger partial charge in [0.1, 0.15) is 12.4 Å². The zero-order chi connectivity index (χ0) is 13.1. The van der Waals surface area contributed by atoms with Crippen molar-refractivity contribution in [3.8, 4) is 5.88 Å². The van der Waals surface area contributed by atoms with Crippen molar-refractivity contribution < 1.29 is 4.74 Å². The van der Waals surface area contributed by atoms with Gasteiger partial charge in [0.05, 0.1) is 3.57 Å². The Morgan fingerprint density at radius 1 is 1.39 bits per heavy atom. The standard InChI is InChI=1S/C14H21IN2O/c1-9(2)11-5-4-10(3)6-13(11)18-14-12(15)7-16-8-17-14/h7-11,13H,4-6H2,1-3H3. The Morgan fingerprint density at radius 2 is 2.17 bits per heavy atom. The summed E-state index contributed by atoms with van der Waals surface area (Å²) < 4.78 is 7.17. The van der Waals surface area contributed by atoms with Gasteiger partial charge in [0.25, 0.3) is 0 Å². The van der Waals surface area contributed by atoms with Crippen LogP contribution in [0.1, 0.15) is 40.0 Å². The van der Waals surface area contributed by atoms with Crippen molar-refractivity contribution >= 4 is 22.6 Å². The van der Waals surface area contributed by atoms with E-state index in [2.05, 4.69) is 53.3 Å². The Kier molecular flexibility index (Phi) is 4.81. The van der Waals surface area contributed by atoms with Crippen LogP contribution in [0.4, 0.5) is 0 Å². The molecule has 0 aromatic carbocycles. The molecule has 1 aliphatic carbocycles. The van der Waals surface area contributed by atoms with E-state index in [0.717, 1.165) is 21.8 Å². The van der Waals surface area contributed by atoms with Gasteiger partial charge in [-0.3, -0.25) is 0 Å². The fraction of sp³-hybridized carbons (Fsp3) is 0.714. The Balaban J connectivity index is 2.11. The van der Waals surface area contributed by atoms with Crippen molar-refractivity contribution in [1.82, 2.24) is 9.97 Å². The summed E-state index contributed by atoms with van der Waals surface area (Å²) in [6, 6.07) is 0. The van der Waals surface area contributed by atoms with Crippen LogP contribution in [0.5, 0.6) is 5.88 Å². The minimum atomic E-state index is 0.303. The summed E-state index contributed by atoms with van der Waals surface area (Å²) in [7, 11) is 0. The van der Waals surface area contributed by atoms with Crippen molar-refractivity contribution in [1.29, 1.82) is 0 Å². The number of nitrogens with zero attached hydrogens (tertiary/aromatic N) is 2. The van der Waals surface area contributed by atoms with Crippen LogP contribution in [0.25, 0.3) is 0 Å². The topological polar surface area (TPSA) is 35.0 Å². The molecule has 0 bridgehead atoms. The number of hydrogen-bond acceptors (Lipinski definition) is 3. The highest BCUT2D eigenvalue weighted by molar-refractivity contribution is 14.1. The molecule has 0 saturated heterocycles. The molecule has 1 aromatic rings. The number of aromatic nitrogens is 2. The maximum atomic E-state index is 6.17. The fourth-order valence-electron chi connectivity index (χ4n) is 2.78. The number of hydrogen-bond donors (Lipinski definition) is 0. The maximum absolute atomic E-state index is 6.17. The van der Waals surface area contributed by atoms with Gasteiger partial charge in [-0.1, -0.05) is 27.2 Å². The van der Waals surface area contributed by atoms with Crippen molar-refractivity contribution in [2.24, 2.45) is 17.8 Å². The lowest BCUT2D eigenvalue weighted by Crippen LogP contribution is -2.36. The summed E-state index contributed by atoms with van der Waals surface area (Å²) in [6.07, 6.45) is 7.41. The first-order valence-corrected chi connectivity index (χ1v) is 7.78. The largest absolute Gasteiger partial charge is 0.473 e. The highest BCUT2D eigenvalue weighted by Gasteiger charge is 2.32. The molecule has 18 heavy (non-hydrogen) atoms. The van der Waals surface area contributed by atoms with Gasteiger partial charge >= 0.3 is 0 Å². The third-order valence-electron chi connectivity index (χ3n) is 3.86. The van der Waals surface area contributed by atoms with E-state index < -0.39 is 0 Å². The molecule has 2 rings (SSSR count). The summed E-state index contributed by atoms with van der Waals surface area (Å²) in [5.74, 6) is 2.81. The molecule has 0 amide bonds. The molecular formula is C14H21IN2O. The second kappa shape index (κ2) is 6.17.